The number of primary amides is 1. The second-order valence-corrected chi connectivity index (χ2v) is 18.1. The largest absolute Gasteiger partial charge is 0.481 e. The highest BCUT2D eigenvalue weighted by Gasteiger charge is 2.38. The van der Waals surface area contributed by atoms with Crippen LogP contribution in [0.4, 0.5) is 0 Å². The lowest BCUT2D eigenvalue weighted by molar-refractivity contribution is -0.143. The van der Waals surface area contributed by atoms with Crippen molar-refractivity contribution in [3.8, 4) is 0 Å². The minimum atomic E-state index is -1.88. The first-order valence-electron chi connectivity index (χ1n) is 22.2. The van der Waals surface area contributed by atoms with Gasteiger partial charge in [0.15, 0.2) is 0 Å². The monoisotopic (exact) mass is 975 g/mol. The molecule has 0 aliphatic heterocycles. The van der Waals surface area contributed by atoms with E-state index in [2.05, 4.69) is 42.5 Å². The summed E-state index contributed by atoms with van der Waals surface area (Å²) in [4.78, 5) is 142. The Bertz CT molecular complexity index is 1780. The fraction of sp³-hybridized carbons (Fsp3) is 0.738. The van der Waals surface area contributed by atoms with Crippen molar-refractivity contribution in [2.75, 3.05) is 6.61 Å². The van der Waals surface area contributed by atoms with E-state index in [4.69, 9.17) is 16.6 Å². The normalized spacial score (nSPS) is 16.3. The molecule has 0 saturated carbocycles. The van der Waals surface area contributed by atoms with Gasteiger partial charge in [-0.1, -0.05) is 55.4 Å². The van der Waals surface area contributed by atoms with Gasteiger partial charge in [-0.05, 0) is 56.8 Å². The van der Waals surface area contributed by atoms with Crippen LogP contribution in [0.1, 0.15) is 101 Å². The maximum atomic E-state index is 13.8. The number of carboxylic acid groups (broad SMARTS) is 2. The first-order valence-corrected chi connectivity index (χ1v) is 22.2. The molecule has 17 N–H and O–H groups in total. The number of carbonyl (C=O) groups is 11. The number of rotatable bonds is 31. The van der Waals surface area contributed by atoms with Gasteiger partial charge in [0.25, 0.3) is 0 Å². The summed E-state index contributed by atoms with van der Waals surface area (Å²) in [5.74, 6) is -13.6. The molecule has 0 aromatic heterocycles. The van der Waals surface area contributed by atoms with E-state index in [1.54, 1.807) is 41.5 Å². The van der Waals surface area contributed by atoms with Crippen molar-refractivity contribution < 1.29 is 78.3 Å². The molecule has 26 nitrogen and oxygen atoms in total. The molecule has 0 aromatic rings. The van der Waals surface area contributed by atoms with Crippen LogP contribution in [-0.2, 0) is 52.7 Å². The van der Waals surface area contributed by atoms with Gasteiger partial charge in [0.2, 0.25) is 53.2 Å². The molecule has 0 aliphatic carbocycles. The zero-order valence-corrected chi connectivity index (χ0v) is 40.3. The van der Waals surface area contributed by atoms with E-state index < -0.39 is 163 Å². The van der Waals surface area contributed by atoms with Crippen molar-refractivity contribution in [3.05, 3.63) is 0 Å². The predicted molar refractivity (Wildman–Crippen MR) is 241 cm³/mol. The Labute approximate surface area is 395 Å². The summed E-state index contributed by atoms with van der Waals surface area (Å²) >= 11 is 0. The van der Waals surface area contributed by atoms with Crippen molar-refractivity contribution >= 4 is 65.1 Å². The molecule has 26 heteroatoms. The van der Waals surface area contributed by atoms with Crippen LogP contribution in [0.5, 0.6) is 0 Å². The maximum Gasteiger partial charge on any atom is 0.326 e. The number of aliphatic carboxylic acids is 2. The van der Waals surface area contributed by atoms with Gasteiger partial charge in [0.05, 0.1) is 31.3 Å². The van der Waals surface area contributed by atoms with Crippen LogP contribution < -0.4 is 54.0 Å². The van der Waals surface area contributed by atoms with Gasteiger partial charge in [0.1, 0.15) is 48.3 Å². The van der Waals surface area contributed by atoms with Crippen LogP contribution >= 0.6 is 0 Å². The van der Waals surface area contributed by atoms with Gasteiger partial charge in [-0.15, -0.1) is 0 Å². The maximum absolute atomic E-state index is 13.8. The molecule has 0 saturated heterocycles. The van der Waals surface area contributed by atoms with Gasteiger partial charge in [0, 0.05) is 6.42 Å². The molecule has 9 amide bonds. The quantitative estimate of drug-likeness (QED) is 0.0310. The second kappa shape index (κ2) is 29.7. The van der Waals surface area contributed by atoms with E-state index in [1.165, 1.54) is 13.8 Å². The summed E-state index contributed by atoms with van der Waals surface area (Å²) in [6.45, 7) is 14.1. The number of nitrogens with one attached hydrogen (secondary N) is 8. The van der Waals surface area contributed by atoms with E-state index in [0.717, 1.165) is 13.8 Å². The van der Waals surface area contributed by atoms with Crippen molar-refractivity contribution in [1.82, 2.24) is 42.5 Å². The predicted octanol–water partition coefficient (Wildman–Crippen LogP) is -4.83. The van der Waals surface area contributed by atoms with Crippen LogP contribution in [0.3, 0.4) is 0 Å². The summed E-state index contributed by atoms with van der Waals surface area (Å²) in [7, 11) is 0. The Morgan fingerprint density at radius 1 is 0.456 bits per heavy atom. The third kappa shape index (κ3) is 22.2. The van der Waals surface area contributed by atoms with Crippen molar-refractivity contribution in [1.29, 1.82) is 0 Å². The number of carbonyl (C=O) groups excluding carboxylic acids is 9. The van der Waals surface area contributed by atoms with Gasteiger partial charge in [-0.3, -0.25) is 47.9 Å². The number of aliphatic hydroxyl groups excluding tert-OH is 3. The molecule has 0 unspecified atom stereocenters. The summed E-state index contributed by atoms with van der Waals surface area (Å²) in [6, 6.07) is -14.1. The van der Waals surface area contributed by atoms with Crippen molar-refractivity contribution in [3.63, 3.8) is 0 Å². The fourth-order valence-electron chi connectivity index (χ4n) is 6.37. The highest BCUT2D eigenvalue weighted by Crippen LogP contribution is 2.12. The van der Waals surface area contributed by atoms with Crippen LogP contribution in [0, 0.1) is 23.7 Å². The minimum absolute atomic E-state index is 0.0178. The summed E-state index contributed by atoms with van der Waals surface area (Å²) in [6.07, 6.45) is -4.86. The number of hydrogen-bond donors (Lipinski definition) is 15. The van der Waals surface area contributed by atoms with Gasteiger partial charge >= 0.3 is 11.9 Å². The molecule has 0 aliphatic rings. The highest BCUT2D eigenvalue weighted by atomic mass is 16.4. The van der Waals surface area contributed by atoms with Gasteiger partial charge in [-0.25, -0.2) is 4.79 Å². The van der Waals surface area contributed by atoms with E-state index in [0.29, 0.717) is 0 Å². The lowest BCUT2D eigenvalue weighted by Crippen LogP contribution is -2.63. The SMILES string of the molecule is CC(C)C[C@H](NC(=O)[C@H](CCC(N)=O)NC(=O)[C@@H](NC(=O)[C@@H](NC(=O)[C@H](CO)NC(=O)[C@@H](NC(=O)[C@H](CC(C)C)NC(=O)[C@@H](N)CC(=O)O)[C@@H](C)O)[C@@H](C)O)C(C)C)C(=O)N[C@H](C(=O)O)C(C)C. The van der Waals surface area contributed by atoms with Crippen LogP contribution in [0.15, 0.2) is 0 Å². The van der Waals surface area contributed by atoms with Gasteiger partial charge < -0.3 is 79.5 Å². The lowest BCUT2D eigenvalue weighted by Gasteiger charge is -2.30. The summed E-state index contributed by atoms with van der Waals surface area (Å²) in [5, 5.41) is 68.3. The second-order valence-electron chi connectivity index (χ2n) is 18.1. The Morgan fingerprint density at radius 3 is 1.16 bits per heavy atom. The van der Waals surface area contributed by atoms with Crippen LogP contribution in [0.2, 0.25) is 0 Å². The minimum Gasteiger partial charge on any atom is -0.481 e. The van der Waals surface area contributed by atoms with E-state index in [1.807, 2.05) is 0 Å². The summed E-state index contributed by atoms with van der Waals surface area (Å²) in [5.41, 5.74) is 10.9. The molecular weight excluding hydrogens is 901 g/mol. The first kappa shape index (κ1) is 62.0. The first-order chi connectivity index (χ1) is 31.3. The molecule has 11 atom stereocenters. The smallest absolute Gasteiger partial charge is 0.326 e. The summed E-state index contributed by atoms with van der Waals surface area (Å²) < 4.78 is 0. The molecule has 0 heterocycles. The van der Waals surface area contributed by atoms with Crippen molar-refractivity contribution in [2.24, 2.45) is 35.1 Å². The topological polar surface area (TPSA) is 437 Å². The molecule has 0 aromatic carbocycles. The lowest BCUT2D eigenvalue weighted by atomic mass is 9.99. The Kier molecular flexibility index (Phi) is 27.1. The molecule has 0 spiro atoms. The number of hydrogen-bond acceptors (Lipinski definition) is 15. The van der Waals surface area contributed by atoms with Crippen molar-refractivity contribution in [2.45, 2.75) is 168 Å². The molecule has 0 radical (unpaired) electrons. The van der Waals surface area contributed by atoms with E-state index in [9.17, 15) is 73.2 Å². The molecule has 68 heavy (non-hydrogen) atoms. The third-order valence-corrected chi connectivity index (χ3v) is 10.1. The fourth-order valence-corrected chi connectivity index (χ4v) is 6.37. The number of aliphatic hydroxyl groups is 3. The molecule has 0 fully saturated rings. The number of carboxylic acids is 2. The standard InChI is InChI=1S/C42H74N10O16/c1-17(2)13-25(46-34(59)23(43)15-29(57)58)37(62)51-32(21(9)54)40(65)48-27(16-53)38(63)52-33(22(10)55)41(66)49-30(19(5)6)39(64)45-24(11-12-28(44)56)35(60)47-26(14-18(3)4)36(61)50-31(20(7)8)42(67)68/h17-27,30-33,53-55H,11-16,43H2,1-10H3,(H2,44,56)(H,45,64)(H,46,59)(H,47,60)(H,48,65)(H,49,66)(H,50,61)(H,51,62)(H,52,63)(H,57,58)(H,67,68)/t21-,22-,23+,24+,25+,26+,27+,30+,31+,32+,33+/m1/s1. The average molecular weight is 975 g/mol. The molecular formula is C42H74N10O16. The van der Waals surface area contributed by atoms with E-state index >= 15 is 0 Å². The average Bonchev–Trinajstić information content (AvgIpc) is 3.20. The van der Waals surface area contributed by atoms with Crippen LogP contribution in [-0.4, -0.2) is 164 Å². The Hall–Kier alpha value is -5.99. The zero-order valence-electron chi connectivity index (χ0n) is 40.3. The molecule has 0 rings (SSSR count). The highest BCUT2D eigenvalue weighted by molar-refractivity contribution is 5.98. The molecule has 388 valence electrons. The van der Waals surface area contributed by atoms with E-state index in [-0.39, 0.29) is 31.1 Å². The number of nitrogens with two attached hydrogens (primary N) is 2. The number of amides is 9. The van der Waals surface area contributed by atoms with Gasteiger partial charge in [-0.2, -0.15) is 0 Å². The zero-order chi connectivity index (χ0) is 52.9. The molecule has 0 bridgehead atoms. The Morgan fingerprint density at radius 2 is 0.794 bits per heavy atom. The Balaban J connectivity index is 6.32. The van der Waals surface area contributed by atoms with Crippen LogP contribution in [0.25, 0.3) is 0 Å². The third-order valence-electron chi connectivity index (χ3n) is 10.1.